The van der Waals surface area contributed by atoms with Gasteiger partial charge in [0.1, 0.15) is 5.54 Å². The van der Waals surface area contributed by atoms with Crippen molar-refractivity contribution in [1.29, 1.82) is 0 Å². The van der Waals surface area contributed by atoms with Crippen LogP contribution in [0.25, 0.3) is 0 Å². The first-order valence-electron chi connectivity index (χ1n) is 11.0. The van der Waals surface area contributed by atoms with Crippen LogP contribution in [-0.2, 0) is 19.6 Å². The zero-order chi connectivity index (χ0) is 22.8. The fourth-order valence-electron chi connectivity index (χ4n) is 4.55. The molecule has 2 fully saturated rings. The first kappa shape index (κ1) is 24.0. The van der Waals surface area contributed by atoms with Gasteiger partial charge in [-0.05, 0) is 57.4 Å². The number of nitrogens with zero attached hydrogens (tertiary/aromatic N) is 2. The largest absolute Gasteiger partial charge is 0.351 e. The summed E-state index contributed by atoms with van der Waals surface area (Å²) in [7, 11) is -3.64. The molecular weight excluding hydrogens is 438 g/mol. The molecule has 1 heterocycles. The molecule has 0 radical (unpaired) electrons. The molecule has 1 atom stereocenters. The standard InChI is InChI=1S/C22H32ClN3O4S/c1-4-31(29,30)25-14-20(27)26(19-12-11-17(23)13-16(19)2)22(3,15-25)21(28)24-18-9-7-5-6-8-10-18/h11-13,18H,4-10,14-15H2,1-3H3,(H,24,28)/t22-/m0/s1. The third-order valence-electron chi connectivity index (χ3n) is 6.38. The Balaban J connectivity index is 2.00. The maximum atomic E-state index is 13.6. The lowest BCUT2D eigenvalue weighted by atomic mass is 9.92. The van der Waals surface area contributed by atoms with Gasteiger partial charge in [-0.1, -0.05) is 37.3 Å². The minimum Gasteiger partial charge on any atom is -0.351 e. The number of carbonyl (C=O) groups excluding carboxylic acids is 2. The highest BCUT2D eigenvalue weighted by Gasteiger charge is 2.51. The topological polar surface area (TPSA) is 86.8 Å². The number of carbonyl (C=O) groups is 2. The lowest BCUT2D eigenvalue weighted by Gasteiger charge is -2.47. The number of amides is 2. The van der Waals surface area contributed by atoms with Gasteiger partial charge >= 0.3 is 0 Å². The van der Waals surface area contributed by atoms with E-state index in [0.29, 0.717) is 10.7 Å². The Kier molecular flexibility index (Phi) is 7.33. The molecule has 1 saturated heterocycles. The molecule has 0 unspecified atom stereocenters. The number of piperazine rings is 1. The minimum absolute atomic E-state index is 0.0354. The van der Waals surface area contributed by atoms with Gasteiger partial charge in [-0.15, -0.1) is 0 Å². The van der Waals surface area contributed by atoms with Crippen LogP contribution in [0.3, 0.4) is 0 Å². The van der Waals surface area contributed by atoms with Crippen LogP contribution in [-0.4, -0.2) is 55.0 Å². The van der Waals surface area contributed by atoms with Crippen molar-refractivity contribution in [2.45, 2.75) is 70.9 Å². The van der Waals surface area contributed by atoms with Gasteiger partial charge in [-0.25, -0.2) is 8.42 Å². The Morgan fingerprint density at radius 1 is 1.23 bits per heavy atom. The molecule has 1 aliphatic heterocycles. The number of sulfonamides is 1. The molecule has 0 bridgehead atoms. The Morgan fingerprint density at radius 3 is 2.45 bits per heavy atom. The molecule has 2 aliphatic rings. The van der Waals surface area contributed by atoms with Crippen molar-refractivity contribution in [3.63, 3.8) is 0 Å². The summed E-state index contributed by atoms with van der Waals surface area (Å²) < 4.78 is 26.4. The van der Waals surface area contributed by atoms with Crippen LogP contribution in [0.15, 0.2) is 18.2 Å². The quantitative estimate of drug-likeness (QED) is 0.670. The number of anilines is 1. The van der Waals surface area contributed by atoms with Crippen LogP contribution in [0.4, 0.5) is 5.69 Å². The summed E-state index contributed by atoms with van der Waals surface area (Å²) in [6.45, 7) is 4.65. The Hall–Kier alpha value is -1.64. The highest BCUT2D eigenvalue weighted by Crippen LogP contribution is 2.34. The molecule has 2 amide bonds. The normalized spacial score (nSPS) is 24.1. The zero-order valence-corrected chi connectivity index (χ0v) is 20.1. The van der Waals surface area contributed by atoms with E-state index in [0.717, 1.165) is 48.4 Å². The predicted molar refractivity (Wildman–Crippen MR) is 123 cm³/mol. The first-order valence-corrected chi connectivity index (χ1v) is 12.9. The molecule has 31 heavy (non-hydrogen) atoms. The fourth-order valence-corrected chi connectivity index (χ4v) is 5.90. The van der Waals surface area contributed by atoms with Gasteiger partial charge < -0.3 is 5.32 Å². The number of benzene rings is 1. The Labute approximate surface area is 190 Å². The molecule has 1 aromatic carbocycles. The molecule has 1 aromatic rings. The van der Waals surface area contributed by atoms with E-state index in [2.05, 4.69) is 5.32 Å². The summed E-state index contributed by atoms with van der Waals surface area (Å²) in [5.74, 6) is -0.870. The van der Waals surface area contributed by atoms with E-state index in [1.54, 1.807) is 32.0 Å². The summed E-state index contributed by atoms with van der Waals surface area (Å²) in [4.78, 5) is 28.4. The number of hydrogen-bond donors (Lipinski definition) is 1. The second-order valence-corrected chi connectivity index (χ2v) is 11.5. The lowest BCUT2D eigenvalue weighted by molar-refractivity contribution is -0.133. The molecule has 1 aliphatic carbocycles. The highest BCUT2D eigenvalue weighted by molar-refractivity contribution is 7.89. The van der Waals surface area contributed by atoms with Gasteiger partial charge in [0, 0.05) is 23.3 Å². The van der Waals surface area contributed by atoms with Crippen LogP contribution >= 0.6 is 11.6 Å². The zero-order valence-electron chi connectivity index (χ0n) is 18.5. The SMILES string of the molecule is CCS(=O)(=O)N1CC(=O)N(c2ccc(Cl)cc2C)[C@](C)(C(=O)NC2CCCCCC2)C1. The summed E-state index contributed by atoms with van der Waals surface area (Å²) >= 11 is 6.10. The number of rotatable bonds is 5. The first-order chi connectivity index (χ1) is 14.6. The number of halogens is 1. The number of nitrogens with one attached hydrogen (secondary N) is 1. The van der Waals surface area contributed by atoms with Crippen molar-refractivity contribution < 1.29 is 18.0 Å². The minimum atomic E-state index is -3.64. The third-order valence-corrected chi connectivity index (χ3v) is 8.39. The molecule has 3 rings (SSSR count). The monoisotopic (exact) mass is 469 g/mol. The van der Waals surface area contributed by atoms with Crippen LogP contribution in [0.5, 0.6) is 0 Å². The molecule has 0 aromatic heterocycles. The smallest absolute Gasteiger partial charge is 0.247 e. The van der Waals surface area contributed by atoms with Crippen LogP contribution in [0, 0.1) is 6.92 Å². The van der Waals surface area contributed by atoms with Crippen molar-refractivity contribution in [3.8, 4) is 0 Å². The van der Waals surface area contributed by atoms with Gasteiger partial charge in [0.15, 0.2) is 0 Å². The van der Waals surface area contributed by atoms with E-state index in [4.69, 9.17) is 11.6 Å². The summed E-state index contributed by atoms with van der Waals surface area (Å²) in [6, 6.07) is 5.17. The molecule has 1 saturated carbocycles. The lowest BCUT2D eigenvalue weighted by Crippen LogP contribution is -2.71. The van der Waals surface area contributed by atoms with Crippen molar-refractivity contribution in [2.75, 3.05) is 23.7 Å². The molecule has 172 valence electrons. The highest BCUT2D eigenvalue weighted by atomic mass is 35.5. The van der Waals surface area contributed by atoms with Crippen molar-refractivity contribution in [3.05, 3.63) is 28.8 Å². The van der Waals surface area contributed by atoms with Gasteiger partial charge in [0.05, 0.1) is 12.3 Å². The average Bonchev–Trinajstić information content (AvgIpc) is 2.97. The number of aryl methyl sites for hydroxylation is 1. The number of hydrogen-bond acceptors (Lipinski definition) is 4. The molecule has 0 spiro atoms. The van der Waals surface area contributed by atoms with E-state index >= 15 is 0 Å². The van der Waals surface area contributed by atoms with E-state index < -0.39 is 21.5 Å². The van der Waals surface area contributed by atoms with Crippen LogP contribution in [0.1, 0.15) is 57.9 Å². The van der Waals surface area contributed by atoms with E-state index in [9.17, 15) is 18.0 Å². The second kappa shape index (κ2) is 9.46. The second-order valence-electron chi connectivity index (χ2n) is 8.76. The maximum Gasteiger partial charge on any atom is 0.247 e. The van der Waals surface area contributed by atoms with E-state index in [1.807, 2.05) is 6.92 Å². The van der Waals surface area contributed by atoms with E-state index in [1.165, 1.54) is 4.90 Å². The predicted octanol–water partition coefficient (Wildman–Crippen LogP) is 3.24. The van der Waals surface area contributed by atoms with Gasteiger partial charge in [0.2, 0.25) is 21.8 Å². The van der Waals surface area contributed by atoms with Crippen molar-refractivity contribution in [2.24, 2.45) is 0 Å². The van der Waals surface area contributed by atoms with Crippen molar-refractivity contribution in [1.82, 2.24) is 9.62 Å². The fraction of sp³-hybridized carbons (Fsp3) is 0.636. The summed E-state index contributed by atoms with van der Waals surface area (Å²) in [5, 5.41) is 3.66. The summed E-state index contributed by atoms with van der Waals surface area (Å²) in [6.07, 6.45) is 6.20. The van der Waals surface area contributed by atoms with E-state index in [-0.39, 0.29) is 30.8 Å². The Bertz CT molecular complexity index is 944. The average molecular weight is 470 g/mol. The molecular formula is C22H32ClN3O4S. The van der Waals surface area contributed by atoms with Crippen LogP contribution < -0.4 is 10.2 Å². The summed E-state index contributed by atoms with van der Waals surface area (Å²) in [5.41, 5.74) is -0.0507. The van der Waals surface area contributed by atoms with Gasteiger partial charge in [-0.2, -0.15) is 4.31 Å². The Morgan fingerprint density at radius 2 is 1.87 bits per heavy atom. The van der Waals surface area contributed by atoms with Gasteiger partial charge in [-0.3, -0.25) is 14.5 Å². The van der Waals surface area contributed by atoms with Crippen LogP contribution in [0.2, 0.25) is 5.02 Å². The molecule has 1 N–H and O–H groups in total. The third kappa shape index (κ3) is 5.07. The molecule has 9 heteroatoms. The van der Waals surface area contributed by atoms with Gasteiger partial charge in [0.25, 0.3) is 0 Å². The maximum absolute atomic E-state index is 13.6. The molecule has 7 nitrogen and oxygen atoms in total. The van der Waals surface area contributed by atoms with Crippen molar-refractivity contribution >= 4 is 39.1 Å².